The van der Waals surface area contributed by atoms with Crippen LogP contribution in [-0.4, -0.2) is 11.1 Å². The fraction of sp³-hybridized carbons (Fsp3) is 0.111. The molecule has 5 heteroatoms. The van der Waals surface area contributed by atoms with Crippen molar-refractivity contribution in [1.82, 2.24) is 5.32 Å². The Labute approximate surface area is 139 Å². The van der Waals surface area contributed by atoms with Crippen LogP contribution in [0, 0.1) is 12.3 Å². The molecular weight excluding hydrogens is 308 g/mol. The van der Waals surface area contributed by atoms with Gasteiger partial charge in [-0.3, -0.25) is 10.2 Å². The number of ether oxygens (including phenoxy) is 1. The highest BCUT2D eigenvalue weighted by molar-refractivity contribution is 8.18. The van der Waals surface area contributed by atoms with Crippen molar-refractivity contribution >= 4 is 28.9 Å². The van der Waals surface area contributed by atoms with Gasteiger partial charge in [-0.25, -0.2) is 0 Å². The molecule has 0 spiro atoms. The van der Waals surface area contributed by atoms with Crippen LogP contribution in [0.25, 0.3) is 6.08 Å². The van der Waals surface area contributed by atoms with Crippen LogP contribution < -0.4 is 10.1 Å². The van der Waals surface area contributed by atoms with Gasteiger partial charge in [-0.2, -0.15) is 0 Å². The molecule has 1 aliphatic rings. The number of thioether (sulfide) groups is 1. The second kappa shape index (κ2) is 6.71. The topological polar surface area (TPSA) is 62.2 Å². The first kappa shape index (κ1) is 15.4. The highest BCUT2D eigenvalue weighted by Gasteiger charge is 2.22. The van der Waals surface area contributed by atoms with E-state index in [0.29, 0.717) is 17.3 Å². The quantitative estimate of drug-likeness (QED) is 0.843. The summed E-state index contributed by atoms with van der Waals surface area (Å²) >= 11 is 1.12. The van der Waals surface area contributed by atoms with Gasteiger partial charge in [0.25, 0.3) is 5.91 Å². The molecule has 1 heterocycles. The van der Waals surface area contributed by atoms with Crippen molar-refractivity contribution in [2.24, 2.45) is 0 Å². The number of aryl methyl sites for hydroxylation is 1. The molecule has 0 atom stereocenters. The maximum atomic E-state index is 11.7. The standard InChI is InChI=1S/C18H16N2O2S/c1-12-6-8-13(9-7-12)11-22-15-5-3-2-4-14(15)10-16-17(21)20-18(19)23-16/h2-10H,11H2,1H3,(H2,19,20,21)/b16-10-. The molecule has 2 aromatic rings. The van der Waals surface area contributed by atoms with E-state index in [4.69, 9.17) is 10.1 Å². The van der Waals surface area contributed by atoms with Crippen LogP contribution in [0.3, 0.4) is 0 Å². The Bertz CT molecular complexity index is 782. The molecule has 1 aliphatic heterocycles. The van der Waals surface area contributed by atoms with Crippen LogP contribution in [0.1, 0.15) is 16.7 Å². The molecule has 0 radical (unpaired) electrons. The first-order chi connectivity index (χ1) is 11.1. The summed E-state index contributed by atoms with van der Waals surface area (Å²) in [4.78, 5) is 12.2. The summed E-state index contributed by atoms with van der Waals surface area (Å²) < 4.78 is 5.90. The van der Waals surface area contributed by atoms with Gasteiger partial charge >= 0.3 is 0 Å². The van der Waals surface area contributed by atoms with Crippen LogP contribution in [0.15, 0.2) is 53.4 Å². The smallest absolute Gasteiger partial charge is 0.264 e. The molecule has 2 N–H and O–H groups in total. The molecule has 3 rings (SSSR count). The van der Waals surface area contributed by atoms with Crippen LogP contribution in [0.4, 0.5) is 0 Å². The third kappa shape index (κ3) is 3.81. The Morgan fingerprint density at radius 2 is 1.91 bits per heavy atom. The molecule has 1 amide bonds. The van der Waals surface area contributed by atoms with E-state index in [-0.39, 0.29) is 11.1 Å². The number of carbonyl (C=O) groups is 1. The normalized spacial score (nSPS) is 15.8. The summed E-state index contributed by atoms with van der Waals surface area (Å²) in [7, 11) is 0. The highest BCUT2D eigenvalue weighted by Crippen LogP contribution is 2.29. The van der Waals surface area contributed by atoms with Crippen molar-refractivity contribution in [2.75, 3.05) is 0 Å². The van der Waals surface area contributed by atoms with Crippen LogP contribution >= 0.6 is 11.8 Å². The molecule has 1 saturated heterocycles. The summed E-state index contributed by atoms with van der Waals surface area (Å²) in [5.74, 6) is 0.473. The number of amidine groups is 1. The molecule has 0 aliphatic carbocycles. The van der Waals surface area contributed by atoms with Gasteiger partial charge in [-0.15, -0.1) is 0 Å². The molecule has 116 valence electrons. The average molecular weight is 324 g/mol. The number of hydrogen-bond donors (Lipinski definition) is 2. The number of benzene rings is 2. The number of carbonyl (C=O) groups excluding carboxylic acids is 1. The SMILES string of the molecule is Cc1ccc(COc2ccccc2/C=C2\SC(=N)NC2=O)cc1. The summed E-state index contributed by atoms with van der Waals surface area (Å²) in [6, 6.07) is 15.8. The monoisotopic (exact) mass is 324 g/mol. The number of amides is 1. The lowest BCUT2D eigenvalue weighted by Crippen LogP contribution is -2.18. The number of para-hydroxylation sites is 1. The van der Waals surface area contributed by atoms with Crippen molar-refractivity contribution in [3.63, 3.8) is 0 Å². The van der Waals surface area contributed by atoms with Crippen molar-refractivity contribution in [3.8, 4) is 5.75 Å². The van der Waals surface area contributed by atoms with Gasteiger partial charge in [0.15, 0.2) is 5.17 Å². The maximum absolute atomic E-state index is 11.7. The Balaban J connectivity index is 1.78. The van der Waals surface area contributed by atoms with E-state index in [9.17, 15) is 4.79 Å². The first-order valence-electron chi connectivity index (χ1n) is 7.18. The number of hydrogen-bond acceptors (Lipinski definition) is 4. The van der Waals surface area contributed by atoms with Gasteiger partial charge in [-0.05, 0) is 36.4 Å². The Morgan fingerprint density at radius 3 is 2.61 bits per heavy atom. The third-order valence-electron chi connectivity index (χ3n) is 3.38. The zero-order chi connectivity index (χ0) is 16.2. The zero-order valence-electron chi connectivity index (χ0n) is 12.6. The molecule has 0 bridgehead atoms. The van der Waals surface area contributed by atoms with Crippen molar-refractivity contribution in [1.29, 1.82) is 5.41 Å². The van der Waals surface area contributed by atoms with Crippen LogP contribution in [-0.2, 0) is 11.4 Å². The minimum Gasteiger partial charge on any atom is -0.488 e. The lowest BCUT2D eigenvalue weighted by atomic mass is 10.1. The van der Waals surface area contributed by atoms with Gasteiger partial charge in [0.2, 0.25) is 0 Å². The van der Waals surface area contributed by atoms with E-state index in [0.717, 1.165) is 22.9 Å². The lowest BCUT2D eigenvalue weighted by Gasteiger charge is -2.09. The molecule has 1 fully saturated rings. The number of nitrogens with one attached hydrogen (secondary N) is 2. The molecular formula is C18H16N2O2S. The van der Waals surface area contributed by atoms with E-state index < -0.39 is 0 Å². The third-order valence-corrected chi connectivity index (χ3v) is 4.21. The minimum atomic E-state index is -0.242. The lowest BCUT2D eigenvalue weighted by molar-refractivity contribution is -0.115. The fourth-order valence-corrected chi connectivity index (χ4v) is 2.85. The van der Waals surface area contributed by atoms with Crippen LogP contribution in [0.5, 0.6) is 5.75 Å². The summed E-state index contributed by atoms with van der Waals surface area (Å²) in [5.41, 5.74) is 3.13. The van der Waals surface area contributed by atoms with E-state index in [1.165, 1.54) is 5.56 Å². The molecule has 0 saturated carbocycles. The number of rotatable bonds is 4. The molecule has 0 aromatic heterocycles. The predicted molar refractivity (Wildman–Crippen MR) is 93.4 cm³/mol. The Hall–Kier alpha value is -2.53. The molecule has 2 aromatic carbocycles. The van der Waals surface area contributed by atoms with E-state index in [1.54, 1.807) is 6.08 Å². The van der Waals surface area contributed by atoms with E-state index in [1.807, 2.05) is 43.3 Å². The Morgan fingerprint density at radius 1 is 1.17 bits per heavy atom. The van der Waals surface area contributed by atoms with Gasteiger partial charge < -0.3 is 10.1 Å². The Kier molecular flexibility index (Phi) is 4.48. The summed E-state index contributed by atoms with van der Waals surface area (Å²) in [5, 5.41) is 10.1. The van der Waals surface area contributed by atoms with E-state index in [2.05, 4.69) is 17.4 Å². The van der Waals surface area contributed by atoms with Gasteiger partial charge in [0.1, 0.15) is 12.4 Å². The average Bonchev–Trinajstić information content (AvgIpc) is 2.86. The molecule has 0 unspecified atom stereocenters. The van der Waals surface area contributed by atoms with Crippen molar-refractivity contribution in [3.05, 3.63) is 70.1 Å². The first-order valence-corrected chi connectivity index (χ1v) is 8.00. The minimum absolute atomic E-state index is 0.152. The predicted octanol–water partition coefficient (Wildman–Crippen LogP) is 3.71. The molecule has 4 nitrogen and oxygen atoms in total. The largest absolute Gasteiger partial charge is 0.488 e. The van der Waals surface area contributed by atoms with Crippen molar-refractivity contribution < 1.29 is 9.53 Å². The van der Waals surface area contributed by atoms with Gasteiger partial charge in [-0.1, -0.05) is 48.0 Å². The zero-order valence-corrected chi connectivity index (χ0v) is 13.4. The van der Waals surface area contributed by atoms with E-state index >= 15 is 0 Å². The summed E-state index contributed by atoms with van der Waals surface area (Å²) in [6.07, 6.45) is 1.76. The van der Waals surface area contributed by atoms with Crippen LogP contribution in [0.2, 0.25) is 0 Å². The summed E-state index contributed by atoms with van der Waals surface area (Å²) in [6.45, 7) is 2.52. The second-order valence-electron chi connectivity index (χ2n) is 5.21. The maximum Gasteiger partial charge on any atom is 0.264 e. The molecule has 23 heavy (non-hydrogen) atoms. The van der Waals surface area contributed by atoms with Crippen molar-refractivity contribution in [2.45, 2.75) is 13.5 Å². The fourth-order valence-electron chi connectivity index (χ4n) is 2.16. The highest BCUT2D eigenvalue weighted by atomic mass is 32.2. The second-order valence-corrected chi connectivity index (χ2v) is 6.26. The van der Waals surface area contributed by atoms with Gasteiger partial charge in [0, 0.05) is 5.56 Å². The van der Waals surface area contributed by atoms with Gasteiger partial charge in [0.05, 0.1) is 4.91 Å².